The number of nitrogens with zero attached hydrogens (tertiary/aromatic N) is 1. The van der Waals surface area contributed by atoms with Crippen LogP contribution < -0.4 is 10.6 Å². The molecule has 6 nitrogen and oxygen atoms in total. The number of nitrogens with one attached hydrogen (secondary N) is 2. The molecule has 150 valence electrons. The van der Waals surface area contributed by atoms with E-state index in [9.17, 15) is 14.0 Å². The highest BCUT2D eigenvalue weighted by Crippen LogP contribution is 2.17. The van der Waals surface area contributed by atoms with E-state index in [0.29, 0.717) is 26.1 Å². The molecule has 0 aliphatic carbocycles. The lowest BCUT2D eigenvalue weighted by Crippen LogP contribution is -2.57. The molecule has 3 rings (SSSR count). The number of halogens is 1. The average Bonchev–Trinajstić information content (AvgIpc) is 3.12. The third kappa shape index (κ3) is 5.42. The molecule has 1 atom stereocenters. The Labute approximate surface area is 164 Å². The summed E-state index contributed by atoms with van der Waals surface area (Å²) in [5.74, 6) is -0.612. The van der Waals surface area contributed by atoms with Crippen molar-refractivity contribution in [1.29, 1.82) is 0 Å². The number of benzene rings is 1. The smallest absolute Gasteiger partial charge is 0.237 e. The Hall–Kier alpha value is -2.67. The summed E-state index contributed by atoms with van der Waals surface area (Å²) in [7, 11) is 0. The normalized spacial score (nSPS) is 18.0. The van der Waals surface area contributed by atoms with E-state index in [1.807, 2.05) is 24.8 Å². The number of furan rings is 1. The molecule has 0 radical (unpaired) electrons. The Balaban J connectivity index is 1.60. The second kappa shape index (κ2) is 8.56. The summed E-state index contributed by atoms with van der Waals surface area (Å²) in [6, 6.07) is 7.58. The quantitative estimate of drug-likeness (QED) is 0.764. The molecule has 1 saturated heterocycles. The molecular weight excluding hydrogens is 361 g/mol. The van der Waals surface area contributed by atoms with Crippen LogP contribution in [0.5, 0.6) is 0 Å². The van der Waals surface area contributed by atoms with Crippen molar-refractivity contribution in [3.05, 3.63) is 59.8 Å². The Morgan fingerprint density at radius 2 is 2.04 bits per heavy atom. The van der Waals surface area contributed by atoms with E-state index in [-0.39, 0.29) is 24.1 Å². The predicted molar refractivity (Wildman–Crippen MR) is 103 cm³/mol. The number of amides is 2. The molecule has 0 bridgehead atoms. The molecule has 28 heavy (non-hydrogen) atoms. The lowest BCUT2D eigenvalue weighted by molar-refractivity contribution is -0.134. The molecule has 2 N–H and O–H groups in total. The summed E-state index contributed by atoms with van der Waals surface area (Å²) >= 11 is 0. The molecule has 1 aliphatic rings. The van der Waals surface area contributed by atoms with E-state index in [1.54, 1.807) is 24.7 Å². The first kappa shape index (κ1) is 20.1. The van der Waals surface area contributed by atoms with Gasteiger partial charge in [0.15, 0.2) is 0 Å². The number of carbonyl (C=O) groups is 2. The molecule has 1 aromatic carbocycles. The summed E-state index contributed by atoms with van der Waals surface area (Å²) in [6.07, 6.45) is 3.89. The average molecular weight is 387 g/mol. The minimum Gasteiger partial charge on any atom is -0.472 e. The van der Waals surface area contributed by atoms with E-state index in [2.05, 4.69) is 10.6 Å². The first-order chi connectivity index (χ1) is 13.3. The highest BCUT2D eigenvalue weighted by molar-refractivity contribution is 5.89. The summed E-state index contributed by atoms with van der Waals surface area (Å²) in [4.78, 5) is 27.0. The van der Waals surface area contributed by atoms with Crippen LogP contribution in [-0.2, 0) is 22.6 Å². The van der Waals surface area contributed by atoms with E-state index < -0.39 is 11.6 Å². The van der Waals surface area contributed by atoms with Gasteiger partial charge < -0.3 is 15.1 Å². The van der Waals surface area contributed by atoms with Gasteiger partial charge in [0.05, 0.1) is 25.0 Å². The first-order valence-corrected chi connectivity index (χ1v) is 9.41. The highest BCUT2D eigenvalue weighted by Gasteiger charge is 2.33. The molecular formula is C21H26FN3O3. The van der Waals surface area contributed by atoms with Crippen LogP contribution in [0.2, 0.25) is 0 Å². The predicted octanol–water partition coefficient (Wildman–Crippen LogP) is 2.25. The van der Waals surface area contributed by atoms with Gasteiger partial charge in [-0.15, -0.1) is 0 Å². The van der Waals surface area contributed by atoms with Crippen LogP contribution in [0, 0.1) is 5.82 Å². The SMILES string of the molecule is CC(C)(Cc1ccc(F)cc1)NC(=O)C[C@H]1C(=O)NCCN1Cc1ccoc1. The standard InChI is InChI=1S/C21H26FN3O3/c1-21(2,12-15-3-5-17(22)6-4-15)24-19(26)11-18-20(27)23-8-9-25(18)13-16-7-10-28-14-16/h3-7,10,14,18H,8-9,11-13H2,1-2H3,(H,23,27)(H,24,26)/t18-/m0/s1. The van der Waals surface area contributed by atoms with Gasteiger partial charge in [-0.05, 0) is 44.0 Å². The molecule has 0 spiro atoms. The van der Waals surface area contributed by atoms with E-state index in [1.165, 1.54) is 12.1 Å². The molecule has 7 heteroatoms. The summed E-state index contributed by atoms with van der Waals surface area (Å²) in [5.41, 5.74) is 1.38. The van der Waals surface area contributed by atoms with Gasteiger partial charge in [-0.25, -0.2) is 4.39 Å². The third-order valence-electron chi connectivity index (χ3n) is 4.82. The second-order valence-corrected chi connectivity index (χ2v) is 7.85. The number of rotatable bonds is 7. The summed E-state index contributed by atoms with van der Waals surface area (Å²) in [6.45, 7) is 5.62. The van der Waals surface area contributed by atoms with Crippen LogP contribution in [0.3, 0.4) is 0 Å². The van der Waals surface area contributed by atoms with Crippen molar-refractivity contribution in [1.82, 2.24) is 15.5 Å². The second-order valence-electron chi connectivity index (χ2n) is 7.85. The molecule has 1 aliphatic heterocycles. The maximum atomic E-state index is 13.1. The monoisotopic (exact) mass is 387 g/mol. The largest absolute Gasteiger partial charge is 0.472 e. The third-order valence-corrected chi connectivity index (χ3v) is 4.82. The zero-order valence-corrected chi connectivity index (χ0v) is 16.2. The van der Waals surface area contributed by atoms with Crippen molar-refractivity contribution < 1.29 is 18.4 Å². The van der Waals surface area contributed by atoms with Crippen molar-refractivity contribution in [3.8, 4) is 0 Å². The molecule has 2 heterocycles. The fourth-order valence-electron chi connectivity index (χ4n) is 3.55. The van der Waals surface area contributed by atoms with Gasteiger partial charge in [0.1, 0.15) is 5.82 Å². The van der Waals surface area contributed by atoms with Crippen molar-refractivity contribution in [2.24, 2.45) is 0 Å². The maximum absolute atomic E-state index is 13.1. The van der Waals surface area contributed by atoms with Crippen molar-refractivity contribution in [2.45, 2.75) is 44.8 Å². The maximum Gasteiger partial charge on any atom is 0.237 e. The van der Waals surface area contributed by atoms with Crippen molar-refractivity contribution in [2.75, 3.05) is 13.1 Å². The number of hydrogen-bond acceptors (Lipinski definition) is 4. The summed E-state index contributed by atoms with van der Waals surface area (Å²) in [5, 5.41) is 5.84. The van der Waals surface area contributed by atoms with E-state index in [4.69, 9.17) is 4.42 Å². The zero-order chi connectivity index (χ0) is 20.1. The molecule has 1 aromatic heterocycles. The lowest BCUT2D eigenvalue weighted by atomic mass is 9.94. The summed E-state index contributed by atoms with van der Waals surface area (Å²) < 4.78 is 18.2. The Bertz CT molecular complexity index is 803. The Morgan fingerprint density at radius 1 is 1.29 bits per heavy atom. The topological polar surface area (TPSA) is 74.6 Å². The number of carbonyl (C=O) groups excluding carboxylic acids is 2. The van der Waals surface area contributed by atoms with Crippen LogP contribution in [-0.4, -0.2) is 41.4 Å². The van der Waals surface area contributed by atoms with Crippen LogP contribution in [0.4, 0.5) is 4.39 Å². The van der Waals surface area contributed by atoms with Crippen LogP contribution >= 0.6 is 0 Å². The van der Waals surface area contributed by atoms with Crippen molar-refractivity contribution >= 4 is 11.8 Å². The van der Waals surface area contributed by atoms with E-state index >= 15 is 0 Å². The van der Waals surface area contributed by atoms with Gasteiger partial charge in [0.25, 0.3) is 0 Å². The van der Waals surface area contributed by atoms with Gasteiger partial charge in [-0.1, -0.05) is 12.1 Å². The fourth-order valence-corrected chi connectivity index (χ4v) is 3.55. The minimum absolute atomic E-state index is 0.0799. The van der Waals surface area contributed by atoms with Gasteiger partial charge in [-0.3, -0.25) is 14.5 Å². The van der Waals surface area contributed by atoms with Crippen LogP contribution in [0.15, 0.2) is 47.3 Å². The van der Waals surface area contributed by atoms with Crippen molar-refractivity contribution in [3.63, 3.8) is 0 Å². The minimum atomic E-state index is -0.523. The number of hydrogen-bond donors (Lipinski definition) is 2. The van der Waals surface area contributed by atoms with E-state index in [0.717, 1.165) is 11.1 Å². The Kier molecular flexibility index (Phi) is 6.14. The molecule has 1 fully saturated rings. The van der Waals surface area contributed by atoms with Gasteiger partial charge in [-0.2, -0.15) is 0 Å². The lowest BCUT2D eigenvalue weighted by Gasteiger charge is -2.35. The van der Waals surface area contributed by atoms with Gasteiger partial charge in [0, 0.05) is 30.7 Å². The van der Waals surface area contributed by atoms with Crippen LogP contribution in [0.25, 0.3) is 0 Å². The molecule has 0 unspecified atom stereocenters. The Morgan fingerprint density at radius 3 is 2.71 bits per heavy atom. The zero-order valence-electron chi connectivity index (χ0n) is 16.2. The number of piperazine rings is 1. The fraction of sp³-hybridized carbons (Fsp3) is 0.429. The highest BCUT2D eigenvalue weighted by atomic mass is 19.1. The van der Waals surface area contributed by atoms with Gasteiger partial charge in [0.2, 0.25) is 11.8 Å². The van der Waals surface area contributed by atoms with Gasteiger partial charge >= 0.3 is 0 Å². The van der Waals surface area contributed by atoms with Crippen LogP contribution in [0.1, 0.15) is 31.4 Å². The molecule has 2 amide bonds. The molecule has 2 aromatic rings. The molecule has 0 saturated carbocycles. The first-order valence-electron chi connectivity index (χ1n) is 9.41.